The summed E-state index contributed by atoms with van der Waals surface area (Å²) in [4.78, 5) is 22.9. The lowest BCUT2D eigenvalue weighted by atomic mass is 9.97. The third kappa shape index (κ3) is 6.47. The molecule has 0 radical (unpaired) electrons. The van der Waals surface area contributed by atoms with Crippen molar-refractivity contribution < 1.29 is 14.3 Å². The van der Waals surface area contributed by atoms with E-state index in [9.17, 15) is 9.59 Å². The van der Waals surface area contributed by atoms with Gasteiger partial charge in [-0.25, -0.2) is 4.79 Å². The topological polar surface area (TPSA) is 79.5 Å². The smallest absolute Gasteiger partial charge is 0.315 e. The molecule has 1 aromatic rings. The SMILES string of the molecule is COc1ccc(CNC(=O)NCC(C)(C)C)cc1NC(C)=O. The summed E-state index contributed by atoms with van der Waals surface area (Å²) >= 11 is 0. The molecule has 0 heterocycles. The van der Waals surface area contributed by atoms with Crippen LogP contribution in [0.4, 0.5) is 10.5 Å². The molecule has 0 spiro atoms. The lowest BCUT2D eigenvalue weighted by Crippen LogP contribution is -2.39. The first-order valence-corrected chi connectivity index (χ1v) is 7.17. The second-order valence-corrected chi connectivity index (χ2v) is 6.31. The fourth-order valence-corrected chi connectivity index (χ4v) is 1.74. The van der Waals surface area contributed by atoms with E-state index in [4.69, 9.17) is 4.74 Å². The average molecular weight is 307 g/mol. The summed E-state index contributed by atoms with van der Waals surface area (Å²) in [6.45, 7) is 8.55. The van der Waals surface area contributed by atoms with Crippen LogP contribution in [0.15, 0.2) is 18.2 Å². The van der Waals surface area contributed by atoms with Crippen molar-refractivity contribution in [3.8, 4) is 5.75 Å². The van der Waals surface area contributed by atoms with Crippen LogP contribution in [-0.4, -0.2) is 25.6 Å². The molecule has 6 nitrogen and oxygen atoms in total. The van der Waals surface area contributed by atoms with E-state index < -0.39 is 0 Å². The van der Waals surface area contributed by atoms with Gasteiger partial charge in [0.25, 0.3) is 0 Å². The number of urea groups is 1. The van der Waals surface area contributed by atoms with Gasteiger partial charge in [0.2, 0.25) is 5.91 Å². The fourth-order valence-electron chi connectivity index (χ4n) is 1.74. The van der Waals surface area contributed by atoms with Crippen LogP contribution in [0.3, 0.4) is 0 Å². The van der Waals surface area contributed by atoms with E-state index in [1.807, 2.05) is 6.07 Å². The maximum Gasteiger partial charge on any atom is 0.315 e. The van der Waals surface area contributed by atoms with Crippen LogP contribution in [0.2, 0.25) is 0 Å². The first-order valence-electron chi connectivity index (χ1n) is 7.17. The Morgan fingerprint density at radius 1 is 1.18 bits per heavy atom. The number of carbonyl (C=O) groups is 2. The van der Waals surface area contributed by atoms with E-state index in [0.29, 0.717) is 24.5 Å². The van der Waals surface area contributed by atoms with E-state index >= 15 is 0 Å². The highest BCUT2D eigenvalue weighted by atomic mass is 16.5. The molecular formula is C16H25N3O3. The van der Waals surface area contributed by atoms with Crippen molar-refractivity contribution in [2.45, 2.75) is 34.2 Å². The number of benzene rings is 1. The number of carbonyl (C=O) groups excluding carboxylic acids is 2. The van der Waals surface area contributed by atoms with Gasteiger partial charge in [-0.15, -0.1) is 0 Å². The minimum absolute atomic E-state index is 0.0377. The van der Waals surface area contributed by atoms with Gasteiger partial charge in [0, 0.05) is 20.0 Å². The van der Waals surface area contributed by atoms with Crippen molar-refractivity contribution in [1.29, 1.82) is 0 Å². The number of hydrogen-bond donors (Lipinski definition) is 3. The number of hydrogen-bond acceptors (Lipinski definition) is 3. The minimum atomic E-state index is -0.216. The van der Waals surface area contributed by atoms with Crippen LogP contribution in [0.25, 0.3) is 0 Å². The van der Waals surface area contributed by atoms with E-state index in [-0.39, 0.29) is 17.4 Å². The standard InChI is InChI=1S/C16H25N3O3/c1-11(20)19-13-8-12(6-7-14(13)22-5)9-17-15(21)18-10-16(2,3)4/h6-8H,9-10H2,1-5H3,(H,19,20)(H2,17,18,21). The Morgan fingerprint density at radius 2 is 1.86 bits per heavy atom. The quantitative estimate of drug-likeness (QED) is 0.782. The average Bonchev–Trinajstić information content (AvgIpc) is 2.41. The lowest BCUT2D eigenvalue weighted by molar-refractivity contribution is -0.114. The van der Waals surface area contributed by atoms with Crippen molar-refractivity contribution in [2.75, 3.05) is 19.0 Å². The Labute approximate surface area is 131 Å². The van der Waals surface area contributed by atoms with Crippen LogP contribution in [0.5, 0.6) is 5.75 Å². The summed E-state index contributed by atoms with van der Waals surface area (Å²) in [6, 6.07) is 5.17. The highest BCUT2D eigenvalue weighted by Crippen LogP contribution is 2.25. The molecule has 0 aliphatic carbocycles. The van der Waals surface area contributed by atoms with E-state index in [1.54, 1.807) is 19.2 Å². The molecule has 0 atom stereocenters. The van der Waals surface area contributed by atoms with Crippen LogP contribution < -0.4 is 20.7 Å². The van der Waals surface area contributed by atoms with Crippen molar-refractivity contribution >= 4 is 17.6 Å². The van der Waals surface area contributed by atoms with Gasteiger partial charge >= 0.3 is 6.03 Å². The largest absolute Gasteiger partial charge is 0.495 e. The summed E-state index contributed by atoms with van der Waals surface area (Å²) in [5, 5.41) is 8.31. The predicted molar refractivity (Wildman–Crippen MR) is 87.0 cm³/mol. The molecule has 0 aromatic heterocycles. The van der Waals surface area contributed by atoms with Gasteiger partial charge in [-0.1, -0.05) is 26.8 Å². The Morgan fingerprint density at radius 3 is 2.41 bits per heavy atom. The van der Waals surface area contributed by atoms with Gasteiger partial charge in [0.05, 0.1) is 12.8 Å². The van der Waals surface area contributed by atoms with Gasteiger partial charge in [0.15, 0.2) is 0 Å². The van der Waals surface area contributed by atoms with Crippen LogP contribution in [-0.2, 0) is 11.3 Å². The molecule has 1 rings (SSSR count). The van der Waals surface area contributed by atoms with Crippen molar-refractivity contribution in [1.82, 2.24) is 10.6 Å². The van der Waals surface area contributed by atoms with Crippen molar-refractivity contribution in [3.05, 3.63) is 23.8 Å². The summed E-state index contributed by atoms with van der Waals surface area (Å²) in [6.07, 6.45) is 0. The minimum Gasteiger partial charge on any atom is -0.495 e. The summed E-state index contributed by atoms with van der Waals surface area (Å²) in [7, 11) is 1.54. The summed E-state index contributed by atoms with van der Waals surface area (Å²) in [5.74, 6) is 0.405. The van der Waals surface area contributed by atoms with Crippen molar-refractivity contribution in [2.24, 2.45) is 5.41 Å². The number of rotatable bonds is 5. The fraction of sp³-hybridized carbons (Fsp3) is 0.500. The maximum absolute atomic E-state index is 11.7. The Hall–Kier alpha value is -2.24. The molecule has 0 bridgehead atoms. The molecule has 0 saturated heterocycles. The van der Waals surface area contributed by atoms with Crippen molar-refractivity contribution in [3.63, 3.8) is 0 Å². The zero-order valence-corrected chi connectivity index (χ0v) is 13.9. The Balaban J connectivity index is 2.62. The first-order chi connectivity index (χ1) is 10.2. The molecule has 0 unspecified atom stereocenters. The van der Waals surface area contributed by atoms with Gasteiger partial charge in [-0.2, -0.15) is 0 Å². The summed E-state index contributed by atoms with van der Waals surface area (Å²) in [5.41, 5.74) is 1.50. The predicted octanol–water partition coefficient (Wildman–Crippen LogP) is 2.50. The van der Waals surface area contributed by atoms with E-state index in [1.165, 1.54) is 6.92 Å². The number of nitrogens with one attached hydrogen (secondary N) is 3. The second-order valence-electron chi connectivity index (χ2n) is 6.31. The molecule has 122 valence electrons. The van der Waals surface area contributed by atoms with Crippen LogP contribution in [0, 0.1) is 5.41 Å². The van der Waals surface area contributed by atoms with Gasteiger partial charge in [-0.05, 0) is 23.1 Å². The first kappa shape index (κ1) is 17.8. The highest BCUT2D eigenvalue weighted by molar-refractivity contribution is 5.90. The molecule has 1 aromatic carbocycles. The van der Waals surface area contributed by atoms with E-state index in [0.717, 1.165) is 5.56 Å². The number of anilines is 1. The zero-order chi connectivity index (χ0) is 16.8. The highest BCUT2D eigenvalue weighted by Gasteiger charge is 2.12. The lowest BCUT2D eigenvalue weighted by Gasteiger charge is -2.19. The molecule has 22 heavy (non-hydrogen) atoms. The molecule has 0 aliphatic heterocycles. The third-order valence-corrected chi connectivity index (χ3v) is 2.81. The number of methoxy groups -OCH3 is 1. The molecule has 0 saturated carbocycles. The Kier molecular flexibility index (Phi) is 6.22. The van der Waals surface area contributed by atoms with Gasteiger partial charge < -0.3 is 20.7 Å². The maximum atomic E-state index is 11.7. The number of amides is 3. The monoisotopic (exact) mass is 307 g/mol. The number of ether oxygens (including phenoxy) is 1. The van der Waals surface area contributed by atoms with E-state index in [2.05, 4.69) is 36.7 Å². The van der Waals surface area contributed by atoms with Crippen LogP contribution >= 0.6 is 0 Å². The second kappa shape index (κ2) is 7.68. The van der Waals surface area contributed by atoms with Crippen LogP contribution in [0.1, 0.15) is 33.3 Å². The Bertz CT molecular complexity index is 536. The van der Waals surface area contributed by atoms with Gasteiger partial charge in [-0.3, -0.25) is 4.79 Å². The molecule has 3 amide bonds. The van der Waals surface area contributed by atoms with Gasteiger partial charge in [0.1, 0.15) is 5.75 Å². The molecule has 3 N–H and O–H groups in total. The molecule has 6 heteroatoms. The molecule has 0 fully saturated rings. The third-order valence-electron chi connectivity index (χ3n) is 2.81. The summed E-state index contributed by atoms with van der Waals surface area (Å²) < 4.78 is 5.19. The zero-order valence-electron chi connectivity index (χ0n) is 13.9. The molecular weight excluding hydrogens is 282 g/mol. The normalized spacial score (nSPS) is 10.8. The molecule has 0 aliphatic rings.